The van der Waals surface area contributed by atoms with Crippen LogP contribution in [0, 0.1) is 5.92 Å². The Kier molecular flexibility index (Phi) is 5.23. The van der Waals surface area contributed by atoms with E-state index >= 15 is 0 Å². The number of urea groups is 1. The number of carbonyl (C=O) groups is 2. The van der Waals surface area contributed by atoms with Gasteiger partial charge in [0.15, 0.2) is 5.82 Å². The molecule has 2 saturated heterocycles. The Morgan fingerprint density at radius 3 is 3.04 bits per heavy atom. The minimum atomic E-state index is -0.115. The third kappa shape index (κ3) is 3.69. The maximum Gasteiger partial charge on any atom is 0.322 e. The number of amides is 3. The molecule has 0 bridgehead atoms. The van der Waals surface area contributed by atoms with Gasteiger partial charge in [0.1, 0.15) is 0 Å². The van der Waals surface area contributed by atoms with Gasteiger partial charge in [0.05, 0.1) is 0 Å². The Balaban J connectivity index is 1.49. The first-order chi connectivity index (χ1) is 13.7. The van der Waals surface area contributed by atoms with Crippen molar-refractivity contribution in [1.82, 2.24) is 30.4 Å². The Bertz CT molecular complexity index is 865. The van der Waals surface area contributed by atoms with Gasteiger partial charge in [-0.25, -0.2) is 9.48 Å². The standard InChI is InChI=1S/C19H25N7O2/c1-2-26-18(22-23-24-26)13-6-5-7-15(10-13)21-19(28)25-9-4-3-8-16(25)14-11-17(27)20-12-14/h5-7,10,14,16H,2-4,8-9,11-12H2,1H3,(H,20,27)(H,21,28). The number of likely N-dealkylation sites (tertiary alicyclic amines) is 1. The van der Waals surface area contributed by atoms with Crippen molar-refractivity contribution in [3.05, 3.63) is 24.3 Å². The van der Waals surface area contributed by atoms with Gasteiger partial charge in [0, 0.05) is 49.3 Å². The summed E-state index contributed by atoms with van der Waals surface area (Å²) in [4.78, 5) is 26.5. The second-order valence-corrected chi connectivity index (χ2v) is 7.35. The van der Waals surface area contributed by atoms with Gasteiger partial charge in [-0.1, -0.05) is 12.1 Å². The highest BCUT2D eigenvalue weighted by Gasteiger charge is 2.36. The number of aromatic nitrogens is 4. The van der Waals surface area contributed by atoms with Gasteiger partial charge in [-0.2, -0.15) is 0 Å². The van der Waals surface area contributed by atoms with Crippen LogP contribution in [0.25, 0.3) is 11.4 Å². The van der Waals surface area contributed by atoms with Gasteiger partial charge in [-0.15, -0.1) is 5.10 Å². The molecule has 2 N–H and O–H groups in total. The topological polar surface area (TPSA) is 105 Å². The van der Waals surface area contributed by atoms with Crippen LogP contribution in [0.2, 0.25) is 0 Å². The number of anilines is 1. The van der Waals surface area contributed by atoms with Crippen LogP contribution in [0.5, 0.6) is 0 Å². The lowest BCUT2D eigenvalue weighted by molar-refractivity contribution is -0.119. The zero-order valence-corrected chi connectivity index (χ0v) is 16.0. The van der Waals surface area contributed by atoms with E-state index in [1.54, 1.807) is 4.68 Å². The van der Waals surface area contributed by atoms with Gasteiger partial charge < -0.3 is 15.5 Å². The Morgan fingerprint density at radius 2 is 2.25 bits per heavy atom. The number of hydrogen-bond acceptors (Lipinski definition) is 5. The van der Waals surface area contributed by atoms with E-state index in [1.165, 1.54) is 0 Å². The van der Waals surface area contributed by atoms with Crippen LogP contribution in [0.15, 0.2) is 24.3 Å². The lowest BCUT2D eigenvalue weighted by atomic mass is 9.90. The molecule has 28 heavy (non-hydrogen) atoms. The Hall–Kier alpha value is -2.97. The van der Waals surface area contributed by atoms with Gasteiger partial charge in [-0.05, 0) is 48.7 Å². The first-order valence-electron chi connectivity index (χ1n) is 9.86. The largest absolute Gasteiger partial charge is 0.356 e. The highest BCUT2D eigenvalue weighted by molar-refractivity contribution is 5.90. The van der Waals surface area contributed by atoms with Crippen LogP contribution >= 0.6 is 0 Å². The molecule has 148 valence electrons. The van der Waals surface area contributed by atoms with Crippen LogP contribution in [0.1, 0.15) is 32.6 Å². The highest BCUT2D eigenvalue weighted by atomic mass is 16.2. The van der Waals surface area contributed by atoms with E-state index in [4.69, 9.17) is 0 Å². The molecule has 1 aromatic carbocycles. The van der Waals surface area contributed by atoms with Crippen LogP contribution in [0.3, 0.4) is 0 Å². The molecule has 0 aliphatic carbocycles. The molecule has 2 aliphatic rings. The summed E-state index contributed by atoms with van der Waals surface area (Å²) >= 11 is 0. The Labute approximate surface area is 163 Å². The smallest absolute Gasteiger partial charge is 0.322 e. The summed E-state index contributed by atoms with van der Waals surface area (Å²) in [6, 6.07) is 7.54. The maximum atomic E-state index is 13.0. The van der Waals surface area contributed by atoms with Crippen molar-refractivity contribution in [2.75, 3.05) is 18.4 Å². The molecule has 3 heterocycles. The van der Waals surface area contributed by atoms with Crippen LogP contribution in [-0.4, -0.2) is 56.2 Å². The summed E-state index contributed by atoms with van der Waals surface area (Å²) in [6.45, 7) is 4.02. The van der Waals surface area contributed by atoms with Crippen molar-refractivity contribution in [2.24, 2.45) is 5.92 Å². The van der Waals surface area contributed by atoms with E-state index in [0.29, 0.717) is 31.0 Å². The number of tetrazole rings is 1. The van der Waals surface area contributed by atoms with Crippen molar-refractivity contribution < 1.29 is 9.59 Å². The summed E-state index contributed by atoms with van der Waals surface area (Å²) in [5, 5.41) is 17.7. The van der Waals surface area contributed by atoms with E-state index < -0.39 is 0 Å². The molecule has 2 aliphatic heterocycles. The van der Waals surface area contributed by atoms with Crippen LogP contribution in [-0.2, 0) is 11.3 Å². The number of benzene rings is 1. The zero-order chi connectivity index (χ0) is 19.5. The SMILES string of the molecule is CCn1nnnc1-c1cccc(NC(=O)N2CCCCC2C2CNC(=O)C2)c1. The molecule has 9 nitrogen and oxygen atoms in total. The molecular formula is C19H25N7O2. The number of aryl methyl sites for hydroxylation is 1. The molecule has 4 rings (SSSR count). The van der Waals surface area contributed by atoms with Crippen molar-refractivity contribution >= 4 is 17.6 Å². The first-order valence-corrected chi connectivity index (χ1v) is 9.86. The molecule has 0 saturated carbocycles. The summed E-state index contributed by atoms with van der Waals surface area (Å²) in [7, 11) is 0. The second-order valence-electron chi connectivity index (χ2n) is 7.35. The predicted molar refractivity (Wildman–Crippen MR) is 103 cm³/mol. The molecule has 2 aromatic rings. The fourth-order valence-electron chi connectivity index (χ4n) is 4.15. The maximum absolute atomic E-state index is 13.0. The second kappa shape index (κ2) is 7.95. The fraction of sp³-hybridized carbons (Fsp3) is 0.526. The average Bonchev–Trinajstić information content (AvgIpc) is 3.37. The molecule has 2 fully saturated rings. The number of nitrogens with zero attached hydrogens (tertiary/aromatic N) is 5. The van der Waals surface area contributed by atoms with Crippen molar-refractivity contribution in [3.63, 3.8) is 0 Å². The third-order valence-electron chi connectivity index (χ3n) is 5.57. The van der Waals surface area contributed by atoms with E-state index in [1.807, 2.05) is 36.1 Å². The summed E-state index contributed by atoms with van der Waals surface area (Å²) in [5.41, 5.74) is 1.56. The number of piperidine rings is 1. The quantitative estimate of drug-likeness (QED) is 0.839. The summed E-state index contributed by atoms with van der Waals surface area (Å²) < 4.78 is 1.71. The van der Waals surface area contributed by atoms with Crippen molar-refractivity contribution in [1.29, 1.82) is 0 Å². The van der Waals surface area contributed by atoms with E-state index in [-0.39, 0.29) is 23.9 Å². The molecule has 0 spiro atoms. The molecular weight excluding hydrogens is 358 g/mol. The molecule has 9 heteroatoms. The lowest BCUT2D eigenvalue weighted by Crippen LogP contribution is -2.49. The highest BCUT2D eigenvalue weighted by Crippen LogP contribution is 2.28. The monoisotopic (exact) mass is 383 g/mol. The van der Waals surface area contributed by atoms with E-state index in [2.05, 4.69) is 26.2 Å². The molecule has 2 atom stereocenters. The van der Waals surface area contributed by atoms with Crippen LogP contribution < -0.4 is 10.6 Å². The number of nitrogens with one attached hydrogen (secondary N) is 2. The number of carbonyl (C=O) groups excluding carboxylic acids is 2. The first kappa shape index (κ1) is 18.4. The number of hydrogen-bond donors (Lipinski definition) is 2. The summed E-state index contributed by atoms with van der Waals surface area (Å²) in [6.07, 6.45) is 3.53. The molecule has 3 amide bonds. The molecule has 0 radical (unpaired) electrons. The normalized spacial score (nSPS) is 22.2. The van der Waals surface area contributed by atoms with Crippen molar-refractivity contribution in [2.45, 2.75) is 45.2 Å². The minimum Gasteiger partial charge on any atom is -0.356 e. The number of rotatable bonds is 4. The summed E-state index contributed by atoms with van der Waals surface area (Å²) in [5.74, 6) is 0.946. The van der Waals surface area contributed by atoms with Crippen LogP contribution in [0.4, 0.5) is 10.5 Å². The van der Waals surface area contributed by atoms with Crippen molar-refractivity contribution in [3.8, 4) is 11.4 Å². The average molecular weight is 383 g/mol. The predicted octanol–water partition coefficient (Wildman–Crippen LogP) is 1.88. The molecule has 2 unspecified atom stereocenters. The fourth-order valence-corrected chi connectivity index (χ4v) is 4.15. The van der Waals surface area contributed by atoms with E-state index in [0.717, 1.165) is 31.4 Å². The van der Waals surface area contributed by atoms with Gasteiger partial charge >= 0.3 is 6.03 Å². The van der Waals surface area contributed by atoms with Gasteiger partial charge in [0.2, 0.25) is 5.91 Å². The molecule has 1 aromatic heterocycles. The van der Waals surface area contributed by atoms with Gasteiger partial charge in [0.25, 0.3) is 0 Å². The minimum absolute atomic E-state index is 0.0808. The zero-order valence-electron chi connectivity index (χ0n) is 16.0. The van der Waals surface area contributed by atoms with E-state index in [9.17, 15) is 9.59 Å². The van der Waals surface area contributed by atoms with Gasteiger partial charge in [-0.3, -0.25) is 4.79 Å². The Morgan fingerprint density at radius 1 is 1.36 bits per heavy atom. The lowest BCUT2D eigenvalue weighted by Gasteiger charge is -2.38. The third-order valence-corrected chi connectivity index (χ3v) is 5.57.